The van der Waals surface area contributed by atoms with E-state index in [1.54, 1.807) is 4.90 Å². The second kappa shape index (κ2) is 10.9. The van der Waals surface area contributed by atoms with Crippen LogP contribution in [0.1, 0.15) is 74.0 Å². The predicted octanol–water partition coefficient (Wildman–Crippen LogP) is 5.38. The fourth-order valence-corrected chi connectivity index (χ4v) is 5.44. The molecule has 2 aromatic rings. The van der Waals surface area contributed by atoms with Gasteiger partial charge in [-0.25, -0.2) is 4.79 Å². The third-order valence-corrected chi connectivity index (χ3v) is 7.61. The zero-order chi connectivity index (χ0) is 27.7. The molecule has 0 bridgehead atoms. The van der Waals surface area contributed by atoms with E-state index in [0.29, 0.717) is 25.2 Å². The van der Waals surface area contributed by atoms with Gasteiger partial charge in [-0.2, -0.15) is 0 Å². The van der Waals surface area contributed by atoms with Crippen LogP contribution in [0.2, 0.25) is 0 Å². The fourth-order valence-electron chi connectivity index (χ4n) is 5.44. The van der Waals surface area contributed by atoms with Crippen LogP contribution < -0.4 is 10.2 Å². The lowest BCUT2D eigenvalue weighted by Gasteiger charge is -2.42. The van der Waals surface area contributed by atoms with E-state index >= 15 is 0 Å². The summed E-state index contributed by atoms with van der Waals surface area (Å²) < 4.78 is 5.66. The normalized spacial score (nSPS) is 19.7. The molecular formula is C31H40N4O4. The van der Waals surface area contributed by atoms with Crippen molar-refractivity contribution in [3.05, 3.63) is 59.2 Å². The van der Waals surface area contributed by atoms with E-state index in [1.165, 1.54) is 0 Å². The Hall–Kier alpha value is -3.55. The molecule has 2 aliphatic heterocycles. The molecule has 8 heteroatoms. The van der Waals surface area contributed by atoms with Crippen LogP contribution in [-0.4, -0.2) is 66.0 Å². The van der Waals surface area contributed by atoms with Gasteiger partial charge < -0.3 is 24.8 Å². The Morgan fingerprint density at radius 2 is 1.69 bits per heavy atom. The highest BCUT2D eigenvalue weighted by atomic mass is 16.6. The molecule has 0 radical (unpaired) electrons. The Morgan fingerprint density at radius 3 is 2.36 bits per heavy atom. The summed E-state index contributed by atoms with van der Waals surface area (Å²) in [4.78, 5) is 45.5. The molecule has 1 saturated carbocycles. The molecule has 0 unspecified atom stereocenters. The molecule has 2 heterocycles. The number of piperazine rings is 1. The van der Waals surface area contributed by atoms with Gasteiger partial charge in [0.1, 0.15) is 5.60 Å². The average Bonchev–Trinajstić information content (AvgIpc) is 3.61. The fraction of sp³-hybridized carbons (Fsp3) is 0.516. The summed E-state index contributed by atoms with van der Waals surface area (Å²) in [6, 6.07) is 13.5. The van der Waals surface area contributed by atoms with Gasteiger partial charge in [0.25, 0.3) is 5.91 Å². The largest absolute Gasteiger partial charge is 0.444 e. The van der Waals surface area contributed by atoms with Gasteiger partial charge in [0, 0.05) is 44.3 Å². The first kappa shape index (κ1) is 27.0. The predicted molar refractivity (Wildman–Crippen MR) is 152 cm³/mol. The van der Waals surface area contributed by atoms with E-state index in [0.717, 1.165) is 61.3 Å². The Balaban J connectivity index is 1.45. The molecule has 1 N–H and O–H groups in total. The van der Waals surface area contributed by atoms with Gasteiger partial charge in [-0.15, -0.1) is 0 Å². The third kappa shape index (κ3) is 6.37. The molecule has 3 amide bonds. The first-order valence-electron chi connectivity index (χ1n) is 14.1. The molecule has 0 aromatic heterocycles. The van der Waals surface area contributed by atoms with E-state index < -0.39 is 5.60 Å². The first-order chi connectivity index (χ1) is 18.6. The van der Waals surface area contributed by atoms with Gasteiger partial charge in [0.2, 0.25) is 5.91 Å². The standard InChI is InChI=1S/C31H40N4O4/c1-21-8-7-9-23(18-21)27-20-34(30(38)39-31(2,3)4)16-17-35(27)29(37)25-13-12-24(32-28(36)22-10-11-22)19-26(25)33-14-5-6-15-33/h7-9,12-13,18-19,22,27H,5-6,10-11,14-17,20H2,1-4H3,(H,32,36)/t27-/m1/s1. The highest BCUT2D eigenvalue weighted by molar-refractivity contribution is 6.02. The van der Waals surface area contributed by atoms with E-state index in [9.17, 15) is 14.4 Å². The minimum absolute atomic E-state index is 0.0548. The van der Waals surface area contributed by atoms with Crippen molar-refractivity contribution >= 4 is 29.3 Å². The zero-order valence-electron chi connectivity index (χ0n) is 23.5. The number of rotatable bonds is 5. The molecule has 2 saturated heterocycles. The molecule has 3 aliphatic rings. The third-order valence-electron chi connectivity index (χ3n) is 7.61. The van der Waals surface area contributed by atoms with Crippen LogP contribution in [0.25, 0.3) is 0 Å². The number of nitrogens with one attached hydrogen (secondary N) is 1. The Kier molecular flexibility index (Phi) is 7.56. The van der Waals surface area contributed by atoms with Gasteiger partial charge in [-0.05, 0) is 77.1 Å². The number of ether oxygens (including phenoxy) is 1. The maximum Gasteiger partial charge on any atom is 0.410 e. The maximum atomic E-state index is 14.3. The van der Waals surface area contributed by atoms with Gasteiger partial charge in [0.15, 0.2) is 0 Å². The van der Waals surface area contributed by atoms with E-state index in [-0.39, 0.29) is 29.9 Å². The second-order valence-electron chi connectivity index (χ2n) is 12.0. The summed E-state index contributed by atoms with van der Waals surface area (Å²) in [6.45, 7) is 10.5. The Labute approximate surface area is 231 Å². The van der Waals surface area contributed by atoms with Crippen molar-refractivity contribution in [1.29, 1.82) is 0 Å². The number of hydrogen-bond donors (Lipinski definition) is 1. The summed E-state index contributed by atoms with van der Waals surface area (Å²) in [5.41, 5.74) is 3.73. The van der Waals surface area contributed by atoms with Gasteiger partial charge >= 0.3 is 6.09 Å². The molecule has 3 fully saturated rings. The lowest BCUT2D eigenvalue weighted by molar-refractivity contribution is -0.117. The molecule has 1 aliphatic carbocycles. The van der Waals surface area contributed by atoms with Crippen LogP contribution in [0.3, 0.4) is 0 Å². The van der Waals surface area contributed by atoms with Crippen LogP contribution in [0.15, 0.2) is 42.5 Å². The highest BCUT2D eigenvalue weighted by Gasteiger charge is 2.37. The van der Waals surface area contributed by atoms with Crippen molar-refractivity contribution in [2.45, 2.75) is 65.0 Å². The number of aryl methyl sites for hydroxylation is 1. The lowest BCUT2D eigenvalue weighted by atomic mass is 9.98. The molecule has 8 nitrogen and oxygen atoms in total. The van der Waals surface area contributed by atoms with Crippen LogP contribution in [0, 0.1) is 12.8 Å². The zero-order valence-corrected chi connectivity index (χ0v) is 23.5. The van der Waals surface area contributed by atoms with Gasteiger partial charge in [-0.3, -0.25) is 9.59 Å². The number of anilines is 2. The highest BCUT2D eigenvalue weighted by Crippen LogP contribution is 2.35. The molecule has 208 valence electrons. The van der Waals surface area contributed by atoms with Crippen LogP contribution in [0.5, 0.6) is 0 Å². The van der Waals surface area contributed by atoms with Crippen LogP contribution in [-0.2, 0) is 9.53 Å². The summed E-state index contributed by atoms with van der Waals surface area (Å²) in [6.07, 6.45) is 3.67. The van der Waals surface area contributed by atoms with E-state index in [4.69, 9.17) is 4.74 Å². The summed E-state index contributed by atoms with van der Waals surface area (Å²) in [7, 11) is 0. The molecule has 1 atom stereocenters. The summed E-state index contributed by atoms with van der Waals surface area (Å²) in [5.74, 6) is 0.101. The summed E-state index contributed by atoms with van der Waals surface area (Å²) in [5, 5.41) is 3.04. The van der Waals surface area contributed by atoms with Gasteiger partial charge in [0.05, 0.1) is 17.3 Å². The Bertz CT molecular complexity index is 1240. The Morgan fingerprint density at radius 1 is 0.949 bits per heavy atom. The maximum absolute atomic E-state index is 14.3. The number of hydrogen-bond acceptors (Lipinski definition) is 5. The number of benzene rings is 2. The van der Waals surface area contributed by atoms with Crippen LogP contribution in [0.4, 0.5) is 16.2 Å². The SMILES string of the molecule is Cc1cccc([C@H]2CN(C(=O)OC(C)(C)C)CCN2C(=O)c2ccc(NC(=O)C3CC3)cc2N2CCCC2)c1. The second-order valence-corrected chi connectivity index (χ2v) is 12.0. The molecule has 2 aromatic carbocycles. The number of carbonyl (C=O) groups is 3. The quantitative estimate of drug-likeness (QED) is 0.559. The van der Waals surface area contributed by atoms with Crippen molar-refractivity contribution in [1.82, 2.24) is 9.80 Å². The smallest absolute Gasteiger partial charge is 0.410 e. The first-order valence-corrected chi connectivity index (χ1v) is 14.1. The van der Waals surface area contributed by atoms with Crippen molar-refractivity contribution in [3.8, 4) is 0 Å². The number of nitrogens with zero attached hydrogens (tertiary/aromatic N) is 3. The van der Waals surface area contributed by atoms with E-state index in [1.807, 2.05) is 69.0 Å². The van der Waals surface area contributed by atoms with Crippen molar-refractivity contribution in [2.75, 3.05) is 42.9 Å². The number of carbonyl (C=O) groups excluding carboxylic acids is 3. The molecule has 5 rings (SSSR count). The summed E-state index contributed by atoms with van der Waals surface area (Å²) >= 11 is 0. The molecule has 0 spiro atoms. The average molecular weight is 533 g/mol. The van der Waals surface area contributed by atoms with Crippen LogP contribution >= 0.6 is 0 Å². The van der Waals surface area contributed by atoms with Crippen molar-refractivity contribution < 1.29 is 19.1 Å². The monoisotopic (exact) mass is 532 g/mol. The molecule has 39 heavy (non-hydrogen) atoms. The minimum atomic E-state index is -0.593. The van der Waals surface area contributed by atoms with Gasteiger partial charge in [-0.1, -0.05) is 29.8 Å². The van der Waals surface area contributed by atoms with E-state index in [2.05, 4.69) is 16.3 Å². The topological polar surface area (TPSA) is 82.2 Å². The molecular weight excluding hydrogens is 492 g/mol. The van der Waals surface area contributed by atoms with Crippen molar-refractivity contribution in [3.63, 3.8) is 0 Å². The lowest BCUT2D eigenvalue weighted by Crippen LogP contribution is -2.53. The van der Waals surface area contributed by atoms with Crippen molar-refractivity contribution in [2.24, 2.45) is 5.92 Å². The number of amides is 3. The minimum Gasteiger partial charge on any atom is -0.444 e.